The largest absolute Gasteiger partial charge is 0.477 e. The molecular weight excluding hydrogens is 302 g/mol. The average Bonchev–Trinajstić information content (AvgIpc) is 2.41. The zero-order valence-electron chi connectivity index (χ0n) is 11.9. The number of aliphatic hydroxyl groups is 5. The van der Waals surface area contributed by atoms with Crippen LogP contribution in [0.5, 0.6) is 0 Å². The van der Waals surface area contributed by atoms with Crippen LogP contribution in [0, 0.1) is 0 Å². The molecule has 7 N–H and O–H groups in total. The number of hydrogen-bond donors (Lipinski definition) is 7. The number of amides is 1. The monoisotopic (exact) mass is 323 g/mol. The average molecular weight is 323 g/mol. The number of carbonyl (C=O) groups is 2. The maximum Gasteiger partial charge on any atom is 0.364 e. The van der Waals surface area contributed by atoms with E-state index in [2.05, 4.69) is 5.32 Å². The molecule has 0 bridgehead atoms. The van der Waals surface area contributed by atoms with Crippen molar-refractivity contribution in [3.8, 4) is 0 Å². The highest BCUT2D eigenvalue weighted by Crippen LogP contribution is 2.30. The van der Waals surface area contributed by atoms with E-state index in [1.54, 1.807) is 0 Å². The minimum absolute atomic E-state index is 0.417. The van der Waals surface area contributed by atoms with Crippen LogP contribution < -0.4 is 5.32 Å². The lowest BCUT2D eigenvalue weighted by Crippen LogP contribution is -2.63. The Labute approximate surface area is 125 Å². The van der Waals surface area contributed by atoms with Gasteiger partial charge in [-0.3, -0.25) is 4.79 Å². The summed E-state index contributed by atoms with van der Waals surface area (Å²) in [7, 11) is 0. The van der Waals surface area contributed by atoms with Crippen LogP contribution in [-0.2, 0) is 14.3 Å². The van der Waals surface area contributed by atoms with Gasteiger partial charge in [-0.2, -0.15) is 0 Å². The van der Waals surface area contributed by atoms with Gasteiger partial charge in [0.25, 0.3) is 5.79 Å². The first-order valence-electron chi connectivity index (χ1n) is 6.66. The Hall–Kier alpha value is -1.30. The highest BCUT2D eigenvalue weighted by molar-refractivity contribution is 5.76. The molecule has 0 aromatic rings. The Morgan fingerprint density at radius 3 is 2.41 bits per heavy atom. The lowest BCUT2D eigenvalue weighted by molar-refractivity contribution is -0.280. The molecule has 0 saturated carbocycles. The van der Waals surface area contributed by atoms with Crippen molar-refractivity contribution < 1.29 is 45.0 Å². The van der Waals surface area contributed by atoms with Crippen molar-refractivity contribution in [2.24, 2.45) is 0 Å². The van der Waals surface area contributed by atoms with E-state index in [0.717, 1.165) is 0 Å². The summed E-state index contributed by atoms with van der Waals surface area (Å²) in [4.78, 5) is 22.2. The fourth-order valence-corrected chi connectivity index (χ4v) is 2.30. The van der Waals surface area contributed by atoms with E-state index in [4.69, 9.17) is 14.9 Å². The second-order valence-corrected chi connectivity index (χ2v) is 5.30. The van der Waals surface area contributed by atoms with Crippen LogP contribution >= 0.6 is 0 Å². The molecular formula is C12H21NO9. The van der Waals surface area contributed by atoms with E-state index in [9.17, 15) is 30.0 Å². The summed E-state index contributed by atoms with van der Waals surface area (Å²) in [5, 5.41) is 59.0. The Bertz CT molecular complexity index is 417. The fourth-order valence-electron chi connectivity index (χ4n) is 2.30. The van der Waals surface area contributed by atoms with Gasteiger partial charge in [-0.1, -0.05) is 0 Å². The van der Waals surface area contributed by atoms with Gasteiger partial charge in [-0.15, -0.1) is 0 Å². The third-order valence-electron chi connectivity index (χ3n) is 3.46. The minimum atomic E-state index is -2.68. The standard InChI is InChI=1S/C12H21NO9/c1-5(15)13-10-7(17)3-12(21,11(19)20)22-9(10)2-6(16)8(18)4-14/h6-10,14,16-18,21H,2-4H2,1H3,(H,13,15)(H,19,20)/t6-,7-,8?,9-,10+,12-/m0/s1. The van der Waals surface area contributed by atoms with Gasteiger partial charge < -0.3 is 40.7 Å². The van der Waals surface area contributed by atoms with Crippen LogP contribution in [0.1, 0.15) is 19.8 Å². The van der Waals surface area contributed by atoms with Crippen LogP contribution in [-0.4, -0.2) is 85.4 Å². The predicted molar refractivity (Wildman–Crippen MR) is 69.4 cm³/mol. The second-order valence-electron chi connectivity index (χ2n) is 5.30. The zero-order valence-corrected chi connectivity index (χ0v) is 11.9. The van der Waals surface area contributed by atoms with Crippen LogP contribution in [0.3, 0.4) is 0 Å². The third-order valence-corrected chi connectivity index (χ3v) is 3.46. The molecule has 1 saturated heterocycles. The highest BCUT2D eigenvalue weighted by Gasteiger charge is 2.51. The number of carboxylic acid groups (broad SMARTS) is 1. The maximum atomic E-state index is 11.2. The second kappa shape index (κ2) is 7.31. The first-order valence-corrected chi connectivity index (χ1v) is 6.66. The topological polar surface area (TPSA) is 177 Å². The van der Waals surface area contributed by atoms with Crippen molar-refractivity contribution >= 4 is 11.9 Å². The van der Waals surface area contributed by atoms with E-state index in [1.165, 1.54) is 6.92 Å². The molecule has 1 aliphatic rings. The molecule has 1 amide bonds. The molecule has 0 aromatic heterocycles. The van der Waals surface area contributed by atoms with Gasteiger partial charge >= 0.3 is 5.97 Å². The van der Waals surface area contributed by atoms with Gasteiger partial charge in [0.15, 0.2) is 0 Å². The number of aliphatic hydroxyl groups excluding tert-OH is 4. The summed E-state index contributed by atoms with van der Waals surface area (Å²) in [6, 6.07) is -1.09. The quantitative estimate of drug-likeness (QED) is 0.261. The predicted octanol–water partition coefficient (Wildman–Crippen LogP) is -3.48. The number of nitrogens with one attached hydrogen (secondary N) is 1. The van der Waals surface area contributed by atoms with Gasteiger partial charge in [0.2, 0.25) is 5.91 Å². The smallest absolute Gasteiger partial charge is 0.364 e. The van der Waals surface area contributed by atoms with Crippen molar-refractivity contribution in [2.45, 2.75) is 56.0 Å². The van der Waals surface area contributed by atoms with E-state index in [0.29, 0.717) is 0 Å². The Kier molecular flexibility index (Phi) is 6.23. The zero-order chi connectivity index (χ0) is 17.1. The van der Waals surface area contributed by atoms with Gasteiger partial charge in [0, 0.05) is 19.8 Å². The first kappa shape index (κ1) is 18.7. The van der Waals surface area contributed by atoms with Crippen molar-refractivity contribution in [3.63, 3.8) is 0 Å². The van der Waals surface area contributed by atoms with Crippen molar-refractivity contribution in [1.29, 1.82) is 0 Å². The van der Waals surface area contributed by atoms with Gasteiger partial charge in [-0.25, -0.2) is 4.79 Å². The number of aliphatic carboxylic acids is 1. The van der Waals surface area contributed by atoms with Crippen LogP contribution in [0.2, 0.25) is 0 Å². The normalized spacial score (nSPS) is 34.7. The molecule has 0 aromatic carbocycles. The summed E-state index contributed by atoms with van der Waals surface area (Å²) < 4.78 is 5.01. The van der Waals surface area contributed by atoms with E-state index < -0.39 is 67.6 Å². The summed E-state index contributed by atoms with van der Waals surface area (Å²) in [5.41, 5.74) is 0. The Morgan fingerprint density at radius 1 is 1.36 bits per heavy atom. The number of hydrogen-bond acceptors (Lipinski definition) is 8. The molecule has 10 nitrogen and oxygen atoms in total. The summed E-state index contributed by atoms with van der Waals surface area (Å²) in [6.45, 7) is 0.422. The molecule has 128 valence electrons. The van der Waals surface area contributed by atoms with Gasteiger partial charge in [-0.05, 0) is 0 Å². The van der Waals surface area contributed by atoms with Crippen molar-refractivity contribution in [2.75, 3.05) is 6.61 Å². The first-order chi connectivity index (χ1) is 10.1. The Balaban J connectivity index is 2.96. The van der Waals surface area contributed by atoms with Gasteiger partial charge in [0.1, 0.15) is 6.10 Å². The molecule has 1 heterocycles. The highest BCUT2D eigenvalue weighted by atomic mass is 16.7. The van der Waals surface area contributed by atoms with Crippen LogP contribution in [0.4, 0.5) is 0 Å². The van der Waals surface area contributed by atoms with E-state index >= 15 is 0 Å². The van der Waals surface area contributed by atoms with Crippen molar-refractivity contribution in [1.82, 2.24) is 5.32 Å². The van der Waals surface area contributed by atoms with Crippen LogP contribution in [0.25, 0.3) is 0 Å². The molecule has 1 rings (SSSR count). The number of carboxylic acids is 1. The number of rotatable bonds is 6. The van der Waals surface area contributed by atoms with E-state index in [1.807, 2.05) is 0 Å². The molecule has 1 fully saturated rings. The lowest BCUT2D eigenvalue weighted by Gasteiger charge is -2.43. The van der Waals surface area contributed by atoms with Crippen LogP contribution in [0.15, 0.2) is 0 Å². The molecule has 1 aliphatic heterocycles. The molecule has 0 aliphatic carbocycles. The van der Waals surface area contributed by atoms with E-state index in [-0.39, 0.29) is 0 Å². The summed E-state index contributed by atoms with van der Waals surface area (Å²) in [6.07, 6.45) is -6.85. The number of carbonyl (C=O) groups excluding carboxylic acids is 1. The SMILES string of the molecule is CC(=O)N[C@H]1[C@H](C[C@H](O)C(O)CO)O[C@](O)(C(=O)O)C[C@@H]1O. The third kappa shape index (κ3) is 4.35. The summed E-state index contributed by atoms with van der Waals surface area (Å²) >= 11 is 0. The minimum Gasteiger partial charge on any atom is -0.477 e. The molecule has 6 atom stereocenters. The molecule has 22 heavy (non-hydrogen) atoms. The Morgan fingerprint density at radius 2 is 1.95 bits per heavy atom. The number of ether oxygens (including phenoxy) is 1. The molecule has 1 unspecified atom stereocenters. The maximum absolute atomic E-state index is 11.2. The summed E-state index contributed by atoms with van der Waals surface area (Å²) in [5.74, 6) is -4.94. The lowest BCUT2D eigenvalue weighted by atomic mass is 9.89. The molecule has 0 spiro atoms. The fraction of sp³-hybridized carbons (Fsp3) is 0.833. The molecule has 0 radical (unpaired) electrons. The molecule has 10 heteroatoms. The van der Waals surface area contributed by atoms with Gasteiger partial charge in [0.05, 0.1) is 31.0 Å². The van der Waals surface area contributed by atoms with Crippen molar-refractivity contribution in [3.05, 3.63) is 0 Å².